The van der Waals surface area contributed by atoms with E-state index in [2.05, 4.69) is 14.9 Å². The first-order chi connectivity index (χ1) is 10.6. The zero-order chi connectivity index (χ0) is 17.4. The summed E-state index contributed by atoms with van der Waals surface area (Å²) >= 11 is 0. The summed E-state index contributed by atoms with van der Waals surface area (Å²) in [5.74, 6) is -0.967. The molecule has 124 valence electrons. The van der Waals surface area contributed by atoms with Crippen molar-refractivity contribution in [1.82, 2.24) is 10.2 Å². The maximum atomic E-state index is 12.6. The van der Waals surface area contributed by atoms with Gasteiger partial charge in [-0.25, -0.2) is 18.4 Å². The molecule has 0 bridgehead atoms. The number of primary sulfonamides is 1. The molecule has 7 nitrogen and oxygen atoms in total. The molecule has 0 aliphatic carbocycles. The van der Waals surface area contributed by atoms with Crippen LogP contribution in [0.3, 0.4) is 0 Å². The lowest BCUT2D eigenvalue weighted by molar-refractivity contribution is -0.137. The summed E-state index contributed by atoms with van der Waals surface area (Å²) in [6.45, 7) is 0. The van der Waals surface area contributed by atoms with Crippen molar-refractivity contribution in [2.24, 2.45) is 5.14 Å². The van der Waals surface area contributed by atoms with Crippen LogP contribution >= 0.6 is 0 Å². The zero-order valence-electron chi connectivity index (χ0n) is 11.5. The molecular formula is C12H10F3N3O4S. The fraction of sp³-hybridized carbons (Fsp3) is 0.167. The van der Waals surface area contributed by atoms with E-state index in [1.54, 1.807) is 0 Å². The van der Waals surface area contributed by atoms with Gasteiger partial charge in [0.1, 0.15) is 0 Å². The van der Waals surface area contributed by atoms with Crippen LogP contribution in [-0.2, 0) is 20.9 Å². The Morgan fingerprint density at radius 1 is 1.26 bits per heavy atom. The molecule has 3 N–H and O–H groups in total. The molecule has 0 saturated carbocycles. The van der Waals surface area contributed by atoms with Gasteiger partial charge in [0, 0.05) is 0 Å². The number of alkyl halides is 3. The summed E-state index contributed by atoms with van der Waals surface area (Å²) in [7, 11) is -3.24. The first kappa shape index (κ1) is 17.0. The van der Waals surface area contributed by atoms with E-state index in [1.807, 2.05) is 0 Å². The van der Waals surface area contributed by atoms with E-state index in [4.69, 9.17) is 5.14 Å². The quantitative estimate of drug-likeness (QED) is 0.816. The van der Waals surface area contributed by atoms with E-state index in [0.29, 0.717) is 0 Å². The Hall–Kier alpha value is -2.40. The topological polar surface area (TPSA) is 115 Å². The highest BCUT2D eigenvalue weighted by Crippen LogP contribution is 2.33. The minimum absolute atomic E-state index is 0.0103. The first-order valence-electron chi connectivity index (χ1n) is 5.93. The monoisotopic (exact) mass is 349 g/mol. The number of carbonyl (C=O) groups excluding carboxylic acids is 1. The molecule has 2 rings (SSSR count). The highest BCUT2D eigenvalue weighted by atomic mass is 32.2. The minimum atomic E-state index is -4.55. The maximum absolute atomic E-state index is 12.6. The van der Waals surface area contributed by atoms with Gasteiger partial charge in [0.05, 0.1) is 18.2 Å². The van der Waals surface area contributed by atoms with Crippen LogP contribution in [0.15, 0.2) is 29.3 Å². The molecule has 0 aliphatic heterocycles. The second kappa shape index (κ2) is 5.66. The number of ether oxygens (including phenoxy) is 1. The summed E-state index contributed by atoms with van der Waals surface area (Å²) in [6, 6.07) is 3.51. The number of H-pyrrole nitrogens is 1. The molecule has 0 amide bonds. The molecule has 0 spiro atoms. The number of nitrogens with zero attached hydrogens (tertiary/aromatic N) is 1. The largest absolute Gasteiger partial charge is 0.464 e. The lowest BCUT2D eigenvalue weighted by atomic mass is 10.0. The van der Waals surface area contributed by atoms with Gasteiger partial charge >= 0.3 is 12.1 Å². The smallest absolute Gasteiger partial charge is 0.416 e. The third-order valence-electron chi connectivity index (χ3n) is 2.90. The van der Waals surface area contributed by atoms with Crippen molar-refractivity contribution < 1.29 is 31.1 Å². The number of esters is 1. The molecule has 1 heterocycles. The van der Waals surface area contributed by atoms with Gasteiger partial charge in [0.25, 0.3) is 10.0 Å². The van der Waals surface area contributed by atoms with E-state index >= 15 is 0 Å². The number of carbonyl (C=O) groups is 1. The molecule has 0 fully saturated rings. The number of aromatic nitrogens is 2. The molecule has 0 saturated heterocycles. The van der Waals surface area contributed by atoms with Gasteiger partial charge in [0.15, 0.2) is 10.7 Å². The Labute approximate surface area is 128 Å². The summed E-state index contributed by atoms with van der Waals surface area (Å²) in [4.78, 5) is 11.7. The molecule has 23 heavy (non-hydrogen) atoms. The van der Waals surface area contributed by atoms with Crippen LogP contribution in [0.2, 0.25) is 0 Å². The fourth-order valence-corrected chi connectivity index (χ4v) is 2.54. The lowest BCUT2D eigenvalue weighted by Gasteiger charge is -2.08. The number of methoxy groups -OCH3 is 1. The van der Waals surface area contributed by atoms with Gasteiger partial charge in [-0.1, -0.05) is 12.1 Å². The zero-order valence-corrected chi connectivity index (χ0v) is 12.3. The number of benzene rings is 1. The van der Waals surface area contributed by atoms with Gasteiger partial charge in [-0.2, -0.15) is 18.3 Å². The van der Waals surface area contributed by atoms with E-state index in [0.717, 1.165) is 31.4 Å². The molecule has 0 radical (unpaired) electrons. The molecular weight excluding hydrogens is 339 g/mol. The Balaban J connectivity index is 2.66. The highest BCUT2D eigenvalue weighted by Gasteiger charge is 2.31. The van der Waals surface area contributed by atoms with Gasteiger partial charge in [-0.15, -0.1) is 0 Å². The second-order valence-corrected chi connectivity index (χ2v) is 5.89. The first-order valence-corrected chi connectivity index (χ1v) is 7.47. The molecule has 1 aromatic carbocycles. The third-order valence-corrected chi connectivity index (χ3v) is 3.76. The Bertz CT molecular complexity index is 841. The van der Waals surface area contributed by atoms with Crippen molar-refractivity contribution in [1.29, 1.82) is 0 Å². The van der Waals surface area contributed by atoms with Crippen molar-refractivity contribution in [3.05, 3.63) is 35.5 Å². The summed E-state index contributed by atoms with van der Waals surface area (Å²) in [5.41, 5.74) is -1.58. The average Bonchev–Trinajstić information content (AvgIpc) is 2.90. The van der Waals surface area contributed by atoms with Crippen molar-refractivity contribution in [3.63, 3.8) is 0 Å². The summed E-state index contributed by atoms with van der Waals surface area (Å²) in [5, 5.41) is 10.0. The molecule has 0 atom stereocenters. The molecule has 1 aromatic heterocycles. The number of aromatic amines is 1. The molecule has 0 aliphatic rings. The van der Waals surface area contributed by atoms with E-state index in [1.165, 1.54) is 0 Å². The van der Waals surface area contributed by atoms with Crippen LogP contribution in [0.5, 0.6) is 0 Å². The lowest BCUT2D eigenvalue weighted by Crippen LogP contribution is -2.14. The highest BCUT2D eigenvalue weighted by molar-refractivity contribution is 7.89. The number of sulfonamides is 1. The number of hydrogen-bond donors (Lipinski definition) is 2. The maximum Gasteiger partial charge on any atom is 0.416 e. The average molecular weight is 349 g/mol. The molecule has 0 unspecified atom stereocenters. The minimum Gasteiger partial charge on any atom is -0.464 e. The molecule has 2 aromatic rings. The van der Waals surface area contributed by atoms with Crippen molar-refractivity contribution >= 4 is 16.0 Å². The number of hydrogen-bond acceptors (Lipinski definition) is 5. The number of halogens is 3. The van der Waals surface area contributed by atoms with Crippen molar-refractivity contribution in [2.75, 3.05) is 7.11 Å². The van der Waals surface area contributed by atoms with Crippen LogP contribution in [-0.4, -0.2) is 31.7 Å². The predicted molar refractivity (Wildman–Crippen MR) is 71.7 cm³/mol. The van der Waals surface area contributed by atoms with Crippen LogP contribution in [0.1, 0.15) is 16.1 Å². The standard InChI is InChI=1S/C12H10F3N3O4S/c1-22-11(19)9-8(10(18-17-9)23(16,20)21)6-2-4-7(5-3-6)12(13,14)15/h2-5H,1H3,(H,17,18)(H2,16,20,21). The number of nitrogens with two attached hydrogens (primary N) is 1. The van der Waals surface area contributed by atoms with Crippen molar-refractivity contribution in [3.8, 4) is 11.1 Å². The van der Waals surface area contributed by atoms with Gasteiger partial charge < -0.3 is 4.74 Å². The van der Waals surface area contributed by atoms with Crippen LogP contribution in [0.25, 0.3) is 11.1 Å². The summed E-state index contributed by atoms with van der Waals surface area (Å²) in [6.07, 6.45) is -4.55. The van der Waals surface area contributed by atoms with E-state index in [9.17, 15) is 26.4 Å². The fourth-order valence-electron chi connectivity index (χ4n) is 1.87. The van der Waals surface area contributed by atoms with Crippen molar-refractivity contribution in [2.45, 2.75) is 11.2 Å². The van der Waals surface area contributed by atoms with Gasteiger partial charge in [0.2, 0.25) is 0 Å². The van der Waals surface area contributed by atoms with Gasteiger partial charge in [-0.05, 0) is 17.7 Å². The summed E-state index contributed by atoms with van der Waals surface area (Å²) < 4.78 is 65.3. The van der Waals surface area contributed by atoms with Crippen LogP contribution in [0, 0.1) is 0 Å². The second-order valence-electron chi connectivity index (χ2n) is 4.39. The number of rotatable bonds is 3. The normalized spacial score (nSPS) is 12.2. The Kier molecular flexibility index (Phi) is 4.18. The van der Waals surface area contributed by atoms with Gasteiger partial charge in [-0.3, -0.25) is 5.10 Å². The Morgan fingerprint density at radius 3 is 2.26 bits per heavy atom. The third kappa shape index (κ3) is 3.35. The Morgan fingerprint density at radius 2 is 1.83 bits per heavy atom. The number of nitrogens with one attached hydrogen (secondary N) is 1. The van der Waals surface area contributed by atoms with E-state index < -0.39 is 38.5 Å². The van der Waals surface area contributed by atoms with Crippen LogP contribution < -0.4 is 5.14 Å². The van der Waals surface area contributed by atoms with Crippen LogP contribution in [0.4, 0.5) is 13.2 Å². The van der Waals surface area contributed by atoms with E-state index in [-0.39, 0.29) is 11.1 Å². The predicted octanol–water partition coefficient (Wildman–Crippen LogP) is 1.53. The SMILES string of the molecule is COC(=O)c1n[nH]c(S(N)(=O)=O)c1-c1ccc(C(F)(F)F)cc1. The molecule has 11 heteroatoms.